The minimum Gasteiger partial charge on any atom is -0.461 e. The average molecular weight is 267 g/mol. The topological polar surface area (TPSA) is 46.6 Å². The standard InChI is InChI=1S/C15H25NO3/c1-11(2)14(17)16-10-6-9-13(16)15(18)19-12-7-4-3-5-8-12/h11-13H,3-10H2,1-2H3. The highest BCUT2D eigenvalue weighted by Crippen LogP contribution is 2.25. The molecule has 1 saturated carbocycles. The van der Waals surface area contributed by atoms with Crippen LogP contribution in [0.15, 0.2) is 0 Å². The third kappa shape index (κ3) is 3.48. The third-order valence-electron chi connectivity index (χ3n) is 4.14. The molecule has 1 atom stereocenters. The van der Waals surface area contributed by atoms with E-state index in [1.165, 1.54) is 6.42 Å². The van der Waals surface area contributed by atoms with Crippen molar-refractivity contribution >= 4 is 11.9 Å². The first-order chi connectivity index (χ1) is 9.09. The van der Waals surface area contributed by atoms with E-state index >= 15 is 0 Å². The Labute approximate surface area is 115 Å². The molecule has 0 N–H and O–H groups in total. The van der Waals surface area contributed by atoms with Gasteiger partial charge in [0.25, 0.3) is 0 Å². The van der Waals surface area contributed by atoms with E-state index in [0.717, 1.165) is 38.5 Å². The van der Waals surface area contributed by atoms with Gasteiger partial charge in [-0.1, -0.05) is 20.3 Å². The van der Waals surface area contributed by atoms with Gasteiger partial charge in [-0.05, 0) is 38.5 Å². The van der Waals surface area contributed by atoms with Crippen LogP contribution in [0.4, 0.5) is 0 Å². The summed E-state index contributed by atoms with van der Waals surface area (Å²) >= 11 is 0. The first-order valence-electron chi connectivity index (χ1n) is 7.60. The van der Waals surface area contributed by atoms with Gasteiger partial charge in [-0.3, -0.25) is 4.79 Å². The van der Waals surface area contributed by atoms with Crippen LogP contribution in [0, 0.1) is 5.92 Å². The molecule has 0 aromatic carbocycles. The van der Waals surface area contributed by atoms with Crippen molar-refractivity contribution in [3.8, 4) is 0 Å². The van der Waals surface area contributed by atoms with E-state index in [-0.39, 0.29) is 29.9 Å². The van der Waals surface area contributed by atoms with Crippen LogP contribution >= 0.6 is 0 Å². The molecule has 1 heterocycles. The van der Waals surface area contributed by atoms with Crippen molar-refractivity contribution in [3.05, 3.63) is 0 Å². The molecule has 0 spiro atoms. The Morgan fingerprint density at radius 3 is 2.37 bits per heavy atom. The first-order valence-corrected chi connectivity index (χ1v) is 7.60. The van der Waals surface area contributed by atoms with Crippen LogP contribution in [-0.2, 0) is 14.3 Å². The summed E-state index contributed by atoms with van der Waals surface area (Å²) in [4.78, 5) is 26.0. The number of hydrogen-bond donors (Lipinski definition) is 0. The van der Waals surface area contributed by atoms with Crippen LogP contribution in [0.5, 0.6) is 0 Å². The Morgan fingerprint density at radius 1 is 1.05 bits per heavy atom. The van der Waals surface area contributed by atoms with E-state index in [2.05, 4.69) is 0 Å². The van der Waals surface area contributed by atoms with E-state index in [9.17, 15) is 9.59 Å². The maximum atomic E-state index is 12.2. The van der Waals surface area contributed by atoms with Crippen molar-refractivity contribution < 1.29 is 14.3 Å². The molecule has 19 heavy (non-hydrogen) atoms. The van der Waals surface area contributed by atoms with E-state index in [4.69, 9.17) is 4.74 Å². The quantitative estimate of drug-likeness (QED) is 0.738. The summed E-state index contributed by atoms with van der Waals surface area (Å²) in [6, 6.07) is -0.336. The number of nitrogens with zero attached hydrogens (tertiary/aromatic N) is 1. The van der Waals surface area contributed by atoms with Crippen molar-refractivity contribution in [2.75, 3.05) is 6.54 Å². The van der Waals surface area contributed by atoms with Gasteiger partial charge in [0.15, 0.2) is 0 Å². The molecule has 2 aliphatic rings. The maximum Gasteiger partial charge on any atom is 0.329 e. The first kappa shape index (κ1) is 14.4. The fourth-order valence-electron chi connectivity index (χ4n) is 3.03. The van der Waals surface area contributed by atoms with Gasteiger partial charge >= 0.3 is 5.97 Å². The Kier molecular flexibility index (Phi) is 4.83. The molecule has 0 radical (unpaired) electrons. The summed E-state index contributed by atoms with van der Waals surface area (Å²) in [6.45, 7) is 4.45. The van der Waals surface area contributed by atoms with Crippen molar-refractivity contribution in [2.45, 2.75) is 70.9 Å². The highest BCUT2D eigenvalue weighted by molar-refractivity contribution is 5.86. The highest BCUT2D eigenvalue weighted by atomic mass is 16.5. The Morgan fingerprint density at radius 2 is 1.74 bits per heavy atom. The summed E-state index contributed by atoms with van der Waals surface area (Å²) in [5.41, 5.74) is 0. The molecule has 1 saturated heterocycles. The fourth-order valence-corrected chi connectivity index (χ4v) is 3.03. The Balaban J connectivity index is 1.91. The van der Waals surface area contributed by atoms with Crippen molar-refractivity contribution in [3.63, 3.8) is 0 Å². The van der Waals surface area contributed by atoms with Gasteiger partial charge in [-0.25, -0.2) is 4.79 Å². The lowest BCUT2D eigenvalue weighted by Crippen LogP contribution is -2.44. The number of hydrogen-bond acceptors (Lipinski definition) is 3. The van der Waals surface area contributed by atoms with Crippen molar-refractivity contribution in [2.24, 2.45) is 5.92 Å². The van der Waals surface area contributed by atoms with Gasteiger partial charge in [-0.2, -0.15) is 0 Å². The van der Waals surface area contributed by atoms with Crippen LogP contribution in [0.3, 0.4) is 0 Å². The summed E-state index contributed by atoms with van der Waals surface area (Å²) in [7, 11) is 0. The van der Waals surface area contributed by atoms with Crippen LogP contribution < -0.4 is 0 Å². The van der Waals surface area contributed by atoms with Gasteiger partial charge in [0.2, 0.25) is 5.91 Å². The van der Waals surface area contributed by atoms with Crippen molar-refractivity contribution in [1.29, 1.82) is 0 Å². The van der Waals surface area contributed by atoms with Gasteiger partial charge in [0.1, 0.15) is 12.1 Å². The minimum absolute atomic E-state index is 0.0527. The van der Waals surface area contributed by atoms with Gasteiger partial charge < -0.3 is 9.64 Å². The number of amides is 1. The molecular weight excluding hydrogens is 242 g/mol. The largest absolute Gasteiger partial charge is 0.461 e. The summed E-state index contributed by atoms with van der Waals surface area (Å²) < 4.78 is 5.60. The van der Waals surface area contributed by atoms with Crippen LogP contribution in [-0.4, -0.2) is 35.5 Å². The smallest absolute Gasteiger partial charge is 0.329 e. The second-order valence-electron chi connectivity index (χ2n) is 6.04. The second kappa shape index (κ2) is 6.40. The predicted molar refractivity (Wildman–Crippen MR) is 72.5 cm³/mol. The number of rotatable bonds is 3. The highest BCUT2D eigenvalue weighted by Gasteiger charge is 2.37. The number of carbonyl (C=O) groups is 2. The molecule has 4 heteroatoms. The lowest BCUT2D eigenvalue weighted by atomic mass is 9.98. The molecule has 2 fully saturated rings. The second-order valence-corrected chi connectivity index (χ2v) is 6.04. The molecule has 0 aromatic rings. The minimum atomic E-state index is -0.336. The number of carbonyl (C=O) groups excluding carboxylic acids is 2. The molecule has 4 nitrogen and oxygen atoms in total. The summed E-state index contributed by atoms with van der Waals surface area (Å²) in [6.07, 6.45) is 7.25. The van der Waals surface area contributed by atoms with Crippen LogP contribution in [0.1, 0.15) is 58.8 Å². The normalized spacial score (nSPS) is 24.8. The van der Waals surface area contributed by atoms with Gasteiger partial charge in [0.05, 0.1) is 0 Å². The molecule has 108 valence electrons. The van der Waals surface area contributed by atoms with E-state index in [1.54, 1.807) is 4.90 Å². The summed E-state index contributed by atoms with van der Waals surface area (Å²) in [5, 5.41) is 0. The zero-order valence-electron chi connectivity index (χ0n) is 12.1. The van der Waals surface area contributed by atoms with E-state index in [1.807, 2.05) is 13.8 Å². The molecular formula is C15H25NO3. The molecule has 1 aliphatic heterocycles. The number of esters is 1. The number of ether oxygens (including phenoxy) is 1. The molecule has 0 bridgehead atoms. The molecule has 1 aliphatic carbocycles. The fraction of sp³-hybridized carbons (Fsp3) is 0.867. The molecule has 2 rings (SSSR count). The van der Waals surface area contributed by atoms with Gasteiger partial charge in [-0.15, -0.1) is 0 Å². The Hall–Kier alpha value is -1.06. The SMILES string of the molecule is CC(C)C(=O)N1CCCC1C(=O)OC1CCCCC1. The van der Waals surface area contributed by atoms with Crippen molar-refractivity contribution in [1.82, 2.24) is 4.90 Å². The maximum absolute atomic E-state index is 12.2. The number of likely N-dealkylation sites (tertiary alicyclic amines) is 1. The lowest BCUT2D eigenvalue weighted by Gasteiger charge is -2.28. The van der Waals surface area contributed by atoms with E-state index < -0.39 is 0 Å². The molecule has 1 amide bonds. The lowest BCUT2D eigenvalue weighted by molar-refractivity contribution is -0.160. The van der Waals surface area contributed by atoms with Crippen LogP contribution in [0.2, 0.25) is 0 Å². The third-order valence-corrected chi connectivity index (χ3v) is 4.14. The average Bonchev–Trinajstić information content (AvgIpc) is 2.88. The summed E-state index contributed by atoms with van der Waals surface area (Å²) in [5.74, 6) is -0.162. The molecule has 1 unspecified atom stereocenters. The van der Waals surface area contributed by atoms with E-state index in [0.29, 0.717) is 6.54 Å². The zero-order chi connectivity index (χ0) is 13.8. The predicted octanol–water partition coefficient (Wildman–Crippen LogP) is 2.51. The zero-order valence-corrected chi connectivity index (χ0v) is 12.1. The van der Waals surface area contributed by atoms with Crippen LogP contribution in [0.25, 0.3) is 0 Å². The monoisotopic (exact) mass is 267 g/mol. The molecule has 0 aromatic heterocycles. The Bertz CT molecular complexity index is 334. The van der Waals surface area contributed by atoms with Gasteiger partial charge in [0, 0.05) is 12.5 Å².